The van der Waals surface area contributed by atoms with E-state index in [0.717, 1.165) is 10.9 Å². The van der Waals surface area contributed by atoms with Crippen molar-refractivity contribution in [1.29, 1.82) is 0 Å². The van der Waals surface area contributed by atoms with Gasteiger partial charge in [-0.25, -0.2) is 4.79 Å². The lowest BCUT2D eigenvalue weighted by Crippen LogP contribution is -2.09. The first-order valence-electron chi connectivity index (χ1n) is 4.86. The van der Waals surface area contributed by atoms with Crippen molar-refractivity contribution in [3.8, 4) is 0 Å². The first-order valence-corrected chi connectivity index (χ1v) is 4.86. The van der Waals surface area contributed by atoms with Crippen LogP contribution in [0.2, 0.25) is 0 Å². The number of ether oxygens (including phenoxy) is 1. The molecular formula is C12H12NO2. The van der Waals surface area contributed by atoms with E-state index in [-0.39, 0.29) is 5.97 Å². The van der Waals surface area contributed by atoms with Crippen LogP contribution in [0.25, 0.3) is 10.9 Å². The molecule has 1 radical (unpaired) electrons. The van der Waals surface area contributed by atoms with E-state index >= 15 is 0 Å². The van der Waals surface area contributed by atoms with Gasteiger partial charge in [0.1, 0.15) is 5.69 Å². The summed E-state index contributed by atoms with van der Waals surface area (Å²) < 4.78 is 6.80. The minimum absolute atomic E-state index is 0.281. The molecule has 0 aliphatic carbocycles. The second-order valence-electron chi connectivity index (χ2n) is 3.29. The zero-order valence-electron chi connectivity index (χ0n) is 8.78. The zero-order chi connectivity index (χ0) is 10.8. The van der Waals surface area contributed by atoms with Crippen LogP contribution in [0, 0.1) is 6.07 Å². The molecule has 2 aromatic rings. The van der Waals surface area contributed by atoms with E-state index in [1.165, 1.54) is 0 Å². The first-order chi connectivity index (χ1) is 7.24. The Hall–Kier alpha value is -1.77. The minimum atomic E-state index is -0.281. The van der Waals surface area contributed by atoms with Crippen LogP contribution < -0.4 is 0 Å². The number of aryl methyl sites for hydroxylation is 1. The highest BCUT2D eigenvalue weighted by Gasteiger charge is 2.13. The molecule has 0 fully saturated rings. The maximum absolute atomic E-state index is 11.6. The van der Waals surface area contributed by atoms with Crippen LogP contribution in [0.1, 0.15) is 17.4 Å². The molecule has 0 unspecified atom stereocenters. The molecule has 0 aliphatic rings. The van der Waals surface area contributed by atoms with Crippen LogP contribution in [-0.4, -0.2) is 17.1 Å². The Labute approximate surface area is 88.3 Å². The van der Waals surface area contributed by atoms with Crippen LogP contribution >= 0.6 is 0 Å². The number of aromatic nitrogens is 1. The van der Waals surface area contributed by atoms with Crippen LogP contribution in [0.4, 0.5) is 0 Å². The molecule has 3 nitrogen and oxygen atoms in total. The Bertz CT molecular complexity index is 499. The Morgan fingerprint density at radius 3 is 3.07 bits per heavy atom. The minimum Gasteiger partial charge on any atom is -0.461 e. The number of esters is 1. The molecule has 1 heterocycles. The van der Waals surface area contributed by atoms with Gasteiger partial charge >= 0.3 is 5.97 Å². The summed E-state index contributed by atoms with van der Waals surface area (Å²) in [6.07, 6.45) is 0. The van der Waals surface area contributed by atoms with Gasteiger partial charge in [0, 0.05) is 18.0 Å². The Balaban J connectivity index is 2.53. The quantitative estimate of drug-likeness (QED) is 0.699. The van der Waals surface area contributed by atoms with Crippen LogP contribution in [0.5, 0.6) is 0 Å². The van der Waals surface area contributed by atoms with E-state index in [1.807, 2.05) is 35.9 Å². The SMILES string of the molecule is CCOC(=O)c1cc2c[c]ccc2n1C. The van der Waals surface area contributed by atoms with E-state index in [9.17, 15) is 4.79 Å². The number of nitrogens with zero attached hydrogens (tertiary/aromatic N) is 1. The fraction of sp³-hybridized carbons (Fsp3) is 0.250. The molecule has 0 saturated heterocycles. The second kappa shape index (κ2) is 3.77. The molecule has 0 saturated carbocycles. The molecule has 3 heteroatoms. The topological polar surface area (TPSA) is 31.2 Å². The van der Waals surface area contributed by atoms with Gasteiger partial charge in [0.2, 0.25) is 0 Å². The predicted molar refractivity (Wildman–Crippen MR) is 57.7 cm³/mol. The monoisotopic (exact) mass is 202 g/mol. The van der Waals surface area contributed by atoms with E-state index in [2.05, 4.69) is 6.07 Å². The maximum atomic E-state index is 11.6. The lowest BCUT2D eigenvalue weighted by molar-refractivity contribution is 0.0516. The molecule has 1 aromatic heterocycles. The maximum Gasteiger partial charge on any atom is 0.354 e. The molecule has 2 rings (SSSR count). The fourth-order valence-electron chi connectivity index (χ4n) is 1.63. The van der Waals surface area contributed by atoms with Crippen LogP contribution in [-0.2, 0) is 11.8 Å². The summed E-state index contributed by atoms with van der Waals surface area (Å²) >= 11 is 0. The zero-order valence-corrected chi connectivity index (χ0v) is 8.78. The summed E-state index contributed by atoms with van der Waals surface area (Å²) in [6, 6.07) is 10.4. The largest absolute Gasteiger partial charge is 0.461 e. The number of fused-ring (bicyclic) bond motifs is 1. The number of benzene rings is 1. The van der Waals surface area contributed by atoms with E-state index in [0.29, 0.717) is 12.3 Å². The molecule has 77 valence electrons. The van der Waals surface area contributed by atoms with Crippen molar-refractivity contribution >= 4 is 16.9 Å². The summed E-state index contributed by atoms with van der Waals surface area (Å²) in [5, 5.41) is 1.00. The normalized spacial score (nSPS) is 10.5. The highest BCUT2D eigenvalue weighted by Crippen LogP contribution is 2.18. The Morgan fingerprint density at radius 2 is 2.40 bits per heavy atom. The average Bonchev–Trinajstić information content (AvgIpc) is 2.57. The van der Waals surface area contributed by atoms with Crippen LogP contribution in [0.15, 0.2) is 24.3 Å². The number of carbonyl (C=O) groups is 1. The van der Waals surface area contributed by atoms with Gasteiger partial charge in [-0.2, -0.15) is 0 Å². The molecule has 15 heavy (non-hydrogen) atoms. The number of hydrogen-bond acceptors (Lipinski definition) is 2. The summed E-state index contributed by atoms with van der Waals surface area (Å²) in [5.74, 6) is -0.281. The molecule has 1 aromatic carbocycles. The van der Waals surface area contributed by atoms with Gasteiger partial charge in [0.15, 0.2) is 0 Å². The molecular weight excluding hydrogens is 190 g/mol. The summed E-state index contributed by atoms with van der Waals surface area (Å²) in [6.45, 7) is 2.20. The molecule has 0 bridgehead atoms. The highest BCUT2D eigenvalue weighted by atomic mass is 16.5. The van der Waals surface area contributed by atoms with Crippen molar-refractivity contribution in [3.05, 3.63) is 36.0 Å². The summed E-state index contributed by atoms with van der Waals surface area (Å²) in [5.41, 5.74) is 1.59. The van der Waals surface area contributed by atoms with Crippen molar-refractivity contribution < 1.29 is 9.53 Å². The summed E-state index contributed by atoms with van der Waals surface area (Å²) in [4.78, 5) is 11.6. The first kappa shape index (κ1) is 9.77. The smallest absolute Gasteiger partial charge is 0.354 e. The van der Waals surface area contributed by atoms with Gasteiger partial charge in [0.05, 0.1) is 6.61 Å². The third-order valence-corrected chi connectivity index (χ3v) is 2.37. The van der Waals surface area contributed by atoms with Crippen molar-refractivity contribution in [3.63, 3.8) is 0 Å². The molecule has 0 N–H and O–H groups in total. The van der Waals surface area contributed by atoms with E-state index in [4.69, 9.17) is 4.74 Å². The van der Waals surface area contributed by atoms with E-state index in [1.54, 1.807) is 6.92 Å². The Kier molecular flexibility index (Phi) is 2.46. The molecule has 0 spiro atoms. The number of hydrogen-bond donors (Lipinski definition) is 0. The standard InChI is InChI=1S/C12H12NO2/c1-3-15-12(14)11-8-9-6-4-5-7-10(9)13(11)2/h5-8H,3H2,1-2H3. The fourth-order valence-corrected chi connectivity index (χ4v) is 1.63. The van der Waals surface area contributed by atoms with Gasteiger partial charge in [-0.05, 0) is 31.2 Å². The van der Waals surface area contributed by atoms with Gasteiger partial charge in [-0.15, -0.1) is 0 Å². The van der Waals surface area contributed by atoms with Gasteiger partial charge < -0.3 is 9.30 Å². The van der Waals surface area contributed by atoms with Crippen LogP contribution in [0.3, 0.4) is 0 Å². The summed E-state index contributed by atoms with van der Waals surface area (Å²) in [7, 11) is 1.86. The predicted octanol–water partition coefficient (Wildman–Crippen LogP) is 2.16. The van der Waals surface area contributed by atoms with Crippen molar-refractivity contribution in [1.82, 2.24) is 4.57 Å². The van der Waals surface area contributed by atoms with Crippen molar-refractivity contribution in [2.24, 2.45) is 7.05 Å². The number of rotatable bonds is 2. The lowest BCUT2D eigenvalue weighted by Gasteiger charge is -2.02. The average molecular weight is 202 g/mol. The van der Waals surface area contributed by atoms with Gasteiger partial charge in [-0.3, -0.25) is 0 Å². The lowest BCUT2D eigenvalue weighted by atomic mass is 10.2. The van der Waals surface area contributed by atoms with Gasteiger partial charge in [-0.1, -0.05) is 6.07 Å². The highest BCUT2D eigenvalue weighted by molar-refractivity contribution is 5.95. The Morgan fingerprint density at radius 1 is 1.60 bits per heavy atom. The van der Waals surface area contributed by atoms with Crippen molar-refractivity contribution in [2.75, 3.05) is 6.61 Å². The third-order valence-electron chi connectivity index (χ3n) is 2.37. The van der Waals surface area contributed by atoms with E-state index < -0.39 is 0 Å². The van der Waals surface area contributed by atoms with Gasteiger partial charge in [0.25, 0.3) is 0 Å². The molecule has 0 aliphatic heterocycles. The third kappa shape index (κ3) is 1.61. The molecule has 0 atom stereocenters. The van der Waals surface area contributed by atoms with Crippen molar-refractivity contribution in [2.45, 2.75) is 6.92 Å². The molecule has 0 amide bonds. The second-order valence-corrected chi connectivity index (χ2v) is 3.29. The number of carbonyl (C=O) groups excluding carboxylic acids is 1.